The van der Waals surface area contributed by atoms with Gasteiger partial charge in [0.2, 0.25) is 0 Å². The van der Waals surface area contributed by atoms with Gasteiger partial charge in [0.15, 0.2) is 0 Å². The highest BCUT2D eigenvalue weighted by Crippen LogP contribution is 2.41. The Morgan fingerprint density at radius 2 is 2.29 bits per heavy atom. The molecule has 3 aliphatic heterocycles. The predicted octanol–water partition coefficient (Wildman–Crippen LogP) is 1.33. The van der Waals surface area contributed by atoms with Gasteiger partial charge in [-0.1, -0.05) is 13.8 Å². The summed E-state index contributed by atoms with van der Waals surface area (Å²) in [5.41, 5.74) is 0.580. The zero-order valence-corrected chi connectivity index (χ0v) is 9.42. The van der Waals surface area contributed by atoms with E-state index in [0.29, 0.717) is 5.41 Å². The molecular weight excluding hydrogens is 172 g/mol. The smallest absolute Gasteiger partial charge is 0.0114 e. The lowest BCUT2D eigenvalue weighted by atomic mass is 9.74. The molecule has 3 heterocycles. The van der Waals surface area contributed by atoms with Crippen LogP contribution in [0.15, 0.2) is 0 Å². The van der Waals surface area contributed by atoms with E-state index in [1.54, 1.807) is 0 Å². The van der Waals surface area contributed by atoms with Gasteiger partial charge in [0.1, 0.15) is 0 Å². The summed E-state index contributed by atoms with van der Waals surface area (Å²) >= 11 is 0. The van der Waals surface area contributed by atoms with Crippen LogP contribution >= 0.6 is 0 Å². The summed E-state index contributed by atoms with van der Waals surface area (Å²) in [5.74, 6) is 2.01. The van der Waals surface area contributed by atoms with Gasteiger partial charge in [-0.15, -0.1) is 0 Å². The summed E-state index contributed by atoms with van der Waals surface area (Å²) in [6.45, 7) is 10.1. The summed E-state index contributed by atoms with van der Waals surface area (Å²) in [6.07, 6.45) is 2.85. The molecule has 0 spiro atoms. The van der Waals surface area contributed by atoms with E-state index in [4.69, 9.17) is 0 Å². The number of rotatable bonds is 2. The standard InChI is InChI=1S/C12H22N2/c1-12(2)3-4-14(8-12)7-10-9-5-11(10)13-6-9/h9-11,13H,3-8H2,1-2H3. The lowest BCUT2D eigenvalue weighted by Crippen LogP contribution is -2.44. The fourth-order valence-electron chi connectivity index (χ4n) is 3.54. The highest BCUT2D eigenvalue weighted by Gasteiger charge is 2.47. The summed E-state index contributed by atoms with van der Waals surface area (Å²) in [4.78, 5) is 2.69. The lowest BCUT2D eigenvalue weighted by molar-refractivity contribution is 0.141. The fraction of sp³-hybridized carbons (Fsp3) is 1.00. The van der Waals surface area contributed by atoms with Crippen molar-refractivity contribution in [3.05, 3.63) is 0 Å². The maximum absolute atomic E-state index is 3.61. The minimum absolute atomic E-state index is 0.580. The Balaban J connectivity index is 1.54. The van der Waals surface area contributed by atoms with E-state index >= 15 is 0 Å². The van der Waals surface area contributed by atoms with E-state index in [0.717, 1.165) is 17.9 Å². The number of likely N-dealkylation sites (tertiary alicyclic amines) is 1. The third kappa shape index (κ3) is 1.40. The molecule has 4 aliphatic rings. The molecule has 0 aromatic heterocycles. The second-order valence-electron chi connectivity index (χ2n) is 6.32. The van der Waals surface area contributed by atoms with Crippen LogP contribution in [0, 0.1) is 17.3 Å². The van der Waals surface area contributed by atoms with Crippen LogP contribution in [0.4, 0.5) is 0 Å². The van der Waals surface area contributed by atoms with E-state index in [1.807, 2.05) is 0 Å². The monoisotopic (exact) mass is 194 g/mol. The highest BCUT2D eigenvalue weighted by atomic mass is 15.2. The third-order valence-corrected chi connectivity index (χ3v) is 4.55. The molecule has 2 heteroatoms. The van der Waals surface area contributed by atoms with Gasteiger partial charge in [-0.3, -0.25) is 0 Å². The Morgan fingerprint density at radius 1 is 1.43 bits per heavy atom. The van der Waals surface area contributed by atoms with Crippen LogP contribution in [0.1, 0.15) is 26.7 Å². The van der Waals surface area contributed by atoms with Gasteiger partial charge in [-0.25, -0.2) is 0 Å². The Hall–Kier alpha value is -0.0800. The predicted molar refractivity (Wildman–Crippen MR) is 58.2 cm³/mol. The molecule has 1 aliphatic carbocycles. The van der Waals surface area contributed by atoms with Crippen LogP contribution < -0.4 is 5.32 Å². The molecule has 0 amide bonds. The molecule has 3 atom stereocenters. The molecule has 4 fully saturated rings. The Kier molecular flexibility index (Phi) is 1.94. The van der Waals surface area contributed by atoms with Crippen LogP contribution in [-0.4, -0.2) is 37.1 Å². The minimum atomic E-state index is 0.580. The first-order chi connectivity index (χ1) is 6.64. The molecule has 4 rings (SSSR count). The molecule has 1 saturated carbocycles. The molecular formula is C12H22N2. The molecule has 1 N–H and O–H groups in total. The quantitative estimate of drug-likeness (QED) is 0.713. The number of hydrogen-bond acceptors (Lipinski definition) is 2. The molecule has 3 saturated heterocycles. The van der Waals surface area contributed by atoms with Crippen LogP contribution in [0.5, 0.6) is 0 Å². The first kappa shape index (κ1) is 9.17. The number of nitrogens with zero attached hydrogens (tertiary/aromatic N) is 1. The van der Waals surface area contributed by atoms with E-state index in [-0.39, 0.29) is 0 Å². The van der Waals surface area contributed by atoms with Gasteiger partial charge >= 0.3 is 0 Å². The first-order valence-electron chi connectivity index (χ1n) is 6.10. The molecule has 2 nitrogen and oxygen atoms in total. The van der Waals surface area contributed by atoms with Crippen molar-refractivity contribution in [2.45, 2.75) is 32.7 Å². The van der Waals surface area contributed by atoms with Gasteiger partial charge in [0.25, 0.3) is 0 Å². The van der Waals surface area contributed by atoms with Gasteiger partial charge in [0.05, 0.1) is 0 Å². The van der Waals surface area contributed by atoms with Crippen LogP contribution in [-0.2, 0) is 0 Å². The molecule has 80 valence electrons. The van der Waals surface area contributed by atoms with E-state index in [9.17, 15) is 0 Å². The van der Waals surface area contributed by atoms with Gasteiger partial charge in [0, 0.05) is 19.1 Å². The first-order valence-corrected chi connectivity index (χ1v) is 6.10. The Bertz CT molecular complexity index is 222. The highest BCUT2D eigenvalue weighted by molar-refractivity contribution is 5.03. The average molecular weight is 194 g/mol. The van der Waals surface area contributed by atoms with Crippen LogP contribution in [0.2, 0.25) is 0 Å². The minimum Gasteiger partial charge on any atom is -0.313 e. The maximum Gasteiger partial charge on any atom is 0.0114 e. The van der Waals surface area contributed by atoms with Crippen molar-refractivity contribution in [1.82, 2.24) is 10.2 Å². The second-order valence-corrected chi connectivity index (χ2v) is 6.32. The van der Waals surface area contributed by atoms with E-state index < -0.39 is 0 Å². The molecule has 0 radical (unpaired) electrons. The zero-order valence-electron chi connectivity index (χ0n) is 9.42. The molecule has 3 unspecified atom stereocenters. The third-order valence-electron chi connectivity index (χ3n) is 4.55. The SMILES string of the molecule is CC1(C)CCN(CC2C3CNC2C3)C1. The Labute approximate surface area is 87.0 Å². The normalized spacial score (nSPS) is 45.4. The van der Waals surface area contributed by atoms with Crippen molar-refractivity contribution >= 4 is 0 Å². The Morgan fingerprint density at radius 3 is 2.79 bits per heavy atom. The van der Waals surface area contributed by atoms with Crippen molar-refractivity contribution in [3.8, 4) is 0 Å². The van der Waals surface area contributed by atoms with Crippen LogP contribution in [0.25, 0.3) is 0 Å². The van der Waals surface area contributed by atoms with Crippen molar-refractivity contribution in [1.29, 1.82) is 0 Å². The van der Waals surface area contributed by atoms with Crippen molar-refractivity contribution in [3.63, 3.8) is 0 Å². The van der Waals surface area contributed by atoms with Gasteiger partial charge in [-0.2, -0.15) is 0 Å². The lowest BCUT2D eigenvalue weighted by Gasteiger charge is -2.37. The molecule has 2 bridgehead atoms. The number of nitrogens with one attached hydrogen (secondary N) is 1. The molecule has 0 aromatic carbocycles. The average Bonchev–Trinajstić information content (AvgIpc) is 2.74. The number of hydrogen-bond donors (Lipinski definition) is 1. The van der Waals surface area contributed by atoms with Crippen LogP contribution in [0.3, 0.4) is 0 Å². The van der Waals surface area contributed by atoms with Crippen molar-refractivity contribution < 1.29 is 0 Å². The topological polar surface area (TPSA) is 15.3 Å². The molecule has 0 aromatic rings. The summed E-state index contributed by atoms with van der Waals surface area (Å²) < 4.78 is 0. The second kappa shape index (κ2) is 2.96. The summed E-state index contributed by atoms with van der Waals surface area (Å²) in [7, 11) is 0. The van der Waals surface area contributed by atoms with E-state index in [2.05, 4.69) is 24.1 Å². The zero-order chi connectivity index (χ0) is 9.76. The fourth-order valence-corrected chi connectivity index (χ4v) is 3.54. The van der Waals surface area contributed by atoms with Crippen molar-refractivity contribution in [2.24, 2.45) is 17.3 Å². The van der Waals surface area contributed by atoms with Gasteiger partial charge < -0.3 is 10.2 Å². The van der Waals surface area contributed by atoms with Gasteiger partial charge in [-0.05, 0) is 43.2 Å². The molecule has 14 heavy (non-hydrogen) atoms. The summed E-state index contributed by atoms with van der Waals surface area (Å²) in [5, 5.41) is 3.61. The van der Waals surface area contributed by atoms with Crippen molar-refractivity contribution in [2.75, 3.05) is 26.2 Å². The summed E-state index contributed by atoms with van der Waals surface area (Å²) in [6, 6.07) is 0.878. The number of fused-ring (bicyclic) bond motifs is 1. The van der Waals surface area contributed by atoms with E-state index in [1.165, 1.54) is 39.0 Å². The largest absolute Gasteiger partial charge is 0.313 e. The maximum atomic E-state index is 3.61.